The van der Waals surface area contributed by atoms with Gasteiger partial charge in [0.05, 0.1) is 10.7 Å². The van der Waals surface area contributed by atoms with Crippen molar-refractivity contribution < 1.29 is 14.3 Å². The van der Waals surface area contributed by atoms with E-state index in [1.54, 1.807) is 48.5 Å². The van der Waals surface area contributed by atoms with Gasteiger partial charge in [-0.15, -0.1) is 0 Å². The fourth-order valence-corrected chi connectivity index (χ4v) is 3.60. The first kappa shape index (κ1) is 25.0. The Morgan fingerprint density at radius 3 is 2.53 bits per heavy atom. The van der Waals surface area contributed by atoms with Gasteiger partial charge < -0.3 is 15.4 Å². The Hall–Kier alpha value is -3.60. The van der Waals surface area contributed by atoms with Gasteiger partial charge in [0.2, 0.25) is 0 Å². The van der Waals surface area contributed by atoms with Crippen LogP contribution in [0, 0.1) is 25.2 Å². The van der Waals surface area contributed by atoms with Crippen molar-refractivity contribution in [2.45, 2.75) is 13.8 Å². The van der Waals surface area contributed by atoms with Crippen LogP contribution in [-0.4, -0.2) is 18.4 Å². The van der Waals surface area contributed by atoms with Crippen LogP contribution in [0.5, 0.6) is 5.75 Å². The highest BCUT2D eigenvalue weighted by Crippen LogP contribution is 2.27. The van der Waals surface area contributed by atoms with E-state index in [1.807, 2.05) is 32.0 Å². The lowest BCUT2D eigenvalue weighted by Crippen LogP contribution is -2.20. The summed E-state index contributed by atoms with van der Waals surface area (Å²) in [5.41, 5.74) is 3.41. The van der Waals surface area contributed by atoms with Crippen LogP contribution in [0.25, 0.3) is 6.08 Å². The van der Waals surface area contributed by atoms with Crippen LogP contribution in [0.1, 0.15) is 16.7 Å². The molecule has 0 saturated heterocycles. The molecular weight excluding hydrogens is 518 g/mol. The number of amides is 2. The number of nitriles is 1. The maximum absolute atomic E-state index is 12.8. The van der Waals surface area contributed by atoms with E-state index in [0.29, 0.717) is 27.7 Å². The minimum Gasteiger partial charge on any atom is -0.483 e. The highest BCUT2D eigenvalue weighted by Gasteiger charge is 2.14. The van der Waals surface area contributed by atoms with E-state index in [4.69, 9.17) is 16.3 Å². The standard InChI is InChI=1S/C26H21BrClN3O3/c1-16-6-5-9-22(17(16)2)31-26(33)19(14-29)12-18-13-20(27)10-11-24(18)34-15-25(32)30-23-8-4-3-7-21(23)28/h3-13H,15H2,1-2H3,(H,30,32)(H,31,33)/b19-12-. The number of carbonyl (C=O) groups is 2. The van der Waals surface area contributed by atoms with Crippen molar-refractivity contribution in [3.8, 4) is 11.8 Å². The first-order valence-corrected chi connectivity index (χ1v) is 11.4. The molecule has 0 spiro atoms. The number of rotatable bonds is 7. The molecule has 0 saturated carbocycles. The van der Waals surface area contributed by atoms with Gasteiger partial charge >= 0.3 is 0 Å². The van der Waals surface area contributed by atoms with E-state index in [9.17, 15) is 14.9 Å². The number of halogens is 2. The van der Waals surface area contributed by atoms with Crippen LogP contribution in [0.3, 0.4) is 0 Å². The number of benzene rings is 3. The molecule has 0 atom stereocenters. The average molecular weight is 539 g/mol. The molecule has 0 fully saturated rings. The quantitative estimate of drug-likeness (QED) is 0.273. The predicted octanol–water partition coefficient (Wildman–Crippen LogP) is 6.28. The smallest absolute Gasteiger partial charge is 0.266 e. The number of anilines is 2. The lowest BCUT2D eigenvalue weighted by Gasteiger charge is -2.12. The summed E-state index contributed by atoms with van der Waals surface area (Å²) in [5, 5.41) is 15.5. The summed E-state index contributed by atoms with van der Waals surface area (Å²) >= 11 is 9.46. The summed E-state index contributed by atoms with van der Waals surface area (Å²) in [6.07, 6.45) is 1.42. The predicted molar refractivity (Wildman–Crippen MR) is 138 cm³/mol. The van der Waals surface area contributed by atoms with Crippen LogP contribution in [0.15, 0.2) is 70.7 Å². The Bertz CT molecular complexity index is 1310. The SMILES string of the molecule is Cc1cccc(NC(=O)/C(C#N)=C\c2cc(Br)ccc2OCC(=O)Nc2ccccc2Cl)c1C. The number of para-hydroxylation sites is 1. The maximum Gasteiger partial charge on any atom is 0.266 e. The minimum atomic E-state index is -0.543. The fourth-order valence-electron chi connectivity index (χ4n) is 3.04. The van der Waals surface area contributed by atoms with Gasteiger partial charge in [0.1, 0.15) is 17.4 Å². The van der Waals surface area contributed by atoms with E-state index in [2.05, 4.69) is 26.6 Å². The molecular formula is C26H21BrClN3O3. The number of hydrogen-bond donors (Lipinski definition) is 2. The molecule has 0 aliphatic heterocycles. The van der Waals surface area contributed by atoms with Gasteiger partial charge in [-0.2, -0.15) is 5.26 Å². The molecule has 8 heteroatoms. The lowest BCUT2D eigenvalue weighted by atomic mass is 10.1. The van der Waals surface area contributed by atoms with E-state index >= 15 is 0 Å². The summed E-state index contributed by atoms with van der Waals surface area (Å²) < 4.78 is 6.40. The molecule has 3 rings (SSSR count). The first-order valence-electron chi connectivity index (χ1n) is 10.2. The number of ether oxygens (including phenoxy) is 1. The number of carbonyl (C=O) groups excluding carboxylic acids is 2. The second-order valence-corrected chi connectivity index (χ2v) is 8.69. The Labute approximate surface area is 211 Å². The van der Waals surface area contributed by atoms with Crippen LogP contribution in [-0.2, 0) is 9.59 Å². The van der Waals surface area contributed by atoms with Crippen molar-refractivity contribution in [2.24, 2.45) is 0 Å². The third kappa shape index (κ3) is 6.47. The Morgan fingerprint density at radius 1 is 1.06 bits per heavy atom. The largest absolute Gasteiger partial charge is 0.483 e. The van der Waals surface area contributed by atoms with E-state index in [-0.39, 0.29) is 12.2 Å². The van der Waals surface area contributed by atoms with E-state index < -0.39 is 11.8 Å². The second kappa shape index (κ2) is 11.5. The molecule has 0 bridgehead atoms. The molecule has 2 amide bonds. The third-order valence-electron chi connectivity index (χ3n) is 5.00. The highest BCUT2D eigenvalue weighted by molar-refractivity contribution is 9.10. The van der Waals surface area contributed by atoms with Gasteiger partial charge in [-0.25, -0.2) is 0 Å². The second-order valence-electron chi connectivity index (χ2n) is 7.37. The van der Waals surface area contributed by atoms with Crippen LogP contribution in [0.4, 0.5) is 11.4 Å². The molecule has 0 aliphatic carbocycles. The minimum absolute atomic E-state index is 0.107. The van der Waals surface area contributed by atoms with Crippen molar-refractivity contribution in [1.82, 2.24) is 0 Å². The van der Waals surface area contributed by atoms with Crippen molar-refractivity contribution in [3.05, 3.63) is 92.4 Å². The molecule has 0 radical (unpaired) electrons. The fraction of sp³-hybridized carbons (Fsp3) is 0.115. The van der Waals surface area contributed by atoms with Crippen molar-refractivity contribution in [1.29, 1.82) is 5.26 Å². The molecule has 3 aromatic carbocycles. The Morgan fingerprint density at radius 2 is 1.79 bits per heavy atom. The Kier molecular flexibility index (Phi) is 8.47. The van der Waals surface area contributed by atoms with Crippen LogP contribution in [0.2, 0.25) is 5.02 Å². The summed E-state index contributed by atoms with van der Waals surface area (Å²) in [7, 11) is 0. The van der Waals surface area contributed by atoms with Gasteiger partial charge in [0, 0.05) is 15.7 Å². The number of hydrogen-bond acceptors (Lipinski definition) is 4. The molecule has 3 aromatic rings. The molecule has 34 heavy (non-hydrogen) atoms. The molecule has 6 nitrogen and oxygen atoms in total. The van der Waals surface area contributed by atoms with Gasteiger partial charge in [-0.05, 0) is 67.4 Å². The molecule has 0 aliphatic rings. The zero-order valence-electron chi connectivity index (χ0n) is 18.5. The van der Waals surface area contributed by atoms with Crippen molar-refractivity contribution in [3.63, 3.8) is 0 Å². The average Bonchev–Trinajstić information content (AvgIpc) is 2.81. The molecule has 2 N–H and O–H groups in total. The molecule has 0 aromatic heterocycles. The monoisotopic (exact) mass is 537 g/mol. The van der Waals surface area contributed by atoms with Gasteiger partial charge in [-0.3, -0.25) is 9.59 Å². The summed E-state index contributed by atoms with van der Waals surface area (Å²) in [4.78, 5) is 25.1. The normalized spacial score (nSPS) is 10.9. The molecule has 0 heterocycles. The highest BCUT2D eigenvalue weighted by atomic mass is 79.9. The van der Waals surface area contributed by atoms with Crippen LogP contribution < -0.4 is 15.4 Å². The summed E-state index contributed by atoms with van der Waals surface area (Å²) in [6.45, 7) is 3.55. The third-order valence-corrected chi connectivity index (χ3v) is 5.82. The zero-order valence-corrected chi connectivity index (χ0v) is 20.8. The zero-order chi connectivity index (χ0) is 24.7. The molecule has 172 valence electrons. The number of nitrogens with one attached hydrogen (secondary N) is 2. The lowest BCUT2D eigenvalue weighted by molar-refractivity contribution is -0.118. The van der Waals surface area contributed by atoms with E-state index in [0.717, 1.165) is 15.6 Å². The van der Waals surface area contributed by atoms with Crippen LogP contribution >= 0.6 is 27.5 Å². The van der Waals surface area contributed by atoms with Crippen molar-refractivity contribution in [2.75, 3.05) is 17.2 Å². The van der Waals surface area contributed by atoms with Gasteiger partial charge in [0.25, 0.3) is 11.8 Å². The first-order chi connectivity index (χ1) is 16.3. The van der Waals surface area contributed by atoms with Crippen molar-refractivity contribution >= 4 is 56.8 Å². The number of aryl methyl sites for hydroxylation is 1. The topological polar surface area (TPSA) is 91.2 Å². The number of nitrogens with zero attached hydrogens (tertiary/aromatic N) is 1. The van der Waals surface area contributed by atoms with Gasteiger partial charge in [0.15, 0.2) is 6.61 Å². The summed E-state index contributed by atoms with van der Waals surface area (Å²) in [6, 6.07) is 19.5. The molecule has 0 unspecified atom stereocenters. The maximum atomic E-state index is 12.8. The van der Waals surface area contributed by atoms with Gasteiger partial charge in [-0.1, -0.05) is 51.8 Å². The summed E-state index contributed by atoms with van der Waals surface area (Å²) in [5.74, 6) is -0.609. The van der Waals surface area contributed by atoms with E-state index in [1.165, 1.54) is 6.08 Å². The Balaban J connectivity index is 1.78.